The van der Waals surface area contributed by atoms with Gasteiger partial charge in [-0.25, -0.2) is 4.79 Å². The number of anilines is 1. The van der Waals surface area contributed by atoms with Crippen molar-refractivity contribution in [1.82, 2.24) is 0 Å². The van der Waals surface area contributed by atoms with Crippen LogP contribution in [0.1, 0.15) is 17.3 Å². The summed E-state index contributed by atoms with van der Waals surface area (Å²) < 4.78 is 26.0. The van der Waals surface area contributed by atoms with E-state index in [0.717, 1.165) is 0 Å². The fourth-order valence-corrected chi connectivity index (χ4v) is 2.89. The van der Waals surface area contributed by atoms with Gasteiger partial charge in [-0.2, -0.15) is 0 Å². The van der Waals surface area contributed by atoms with Crippen LogP contribution in [0, 0.1) is 0 Å². The van der Waals surface area contributed by atoms with Crippen LogP contribution < -0.4 is 30.0 Å². The van der Waals surface area contributed by atoms with Gasteiger partial charge in [-0.1, -0.05) is 11.6 Å². The molecule has 1 aliphatic rings. The van der Waals surface area contributed by atoms with Crippen LogP contribution in [0.5, 0.6) is 23.0 Å². The summed E-state index contributed by atoms with van der Waals surface area (Å²) in [5.74, 6) is -0.841. The second kappa shape index (κ2) is 9.43. The molecule has 1 heterocycles. The molecule has 31 heavy (non-hydrogen) atoms. The van der Waals surface area contributed by atoms with Gasteiger partial charge in [0.1, 0.15) is 0 Å². The molecule has 0 bridgehead atoms. The van der Waals surface area contributed by atoms with E-state index in [1.165, 1.54) is 26.2 Å². The number of esters is 1. The number of amides is 2. The molecule has 2 aromatic carbocycles. The number of carbonyl (C=O) groups is 3. The van der Waals surface area contributed by atoms with Crippen molar-refractivity contribution in [3.8, 4) is 23.0 Å². The minimum atomic E-state index is -1.12. The lowest BCUT2D eigenvalue weighted by Gasteiger charge is -2.16. The number of methoxy groups -OCH3 is 1. The third kappa shape index (κ3) is 5.28. The number of halogens is 1. The Hall–Kier alpha value is -3.66. The van der Waals surface area contributed by atoms with Crippen molar-refractivity contribution in [3.63, 3.8) is 0 Å². The number of fused-ring (bicyclic) bond motifs is 1. The summed E-state index contributed by atoms with van der Waals surface area (Å²) in [6, 6.07) is 7.47. The Morgan fingerprint density at radius 1 is 1.19 bits per heavy atom. The molecule has 164 valence electrons. The standard InChI is InChI=1S/C20H19ClN2O8/c1-10(19(25)23-12-3-4-14-15(7-12)30-9-29-14)31-20(26)11-5-13(21)18(16(6-11)27-2)28-8-17(22)24/h3-7,10H,8-9H2,1-2H3,(H2,22,24)(H,23,25). The zero-order valence-corrected chi connectivity index (χ0v) is 17.4. The number of primary amides is 1. The third-order valence-electron chi connectivity index (χ3n) is 4.12. The molecular weight excluding hydrogens is 432 g/mol. The van der Waals surface area contributed by atoms with Crippen LogP contribution in [0.25, 0.3) is 0 Å². The second-order valence-electron chi connectivity index (χ2n) is 6.35. The lowest BCUT2D eigenvalue weighted by atomic mass is 10.2. The molecular formula is C20H19ClN2O8. The minimum Gasteiger partial charge on any atom is -0.493 e. The number of hydrogen-bond acceptors (Lipinski definition) is 8. The number of benzene rings is 2. The molecule has 0 fully saturated rings. The molecule has 1 unspecified atom stereocenters. The molecule has 1 atom stereocenters. The summed E-state index contributed by atoms with van der Waals surface area (Å²) in [7, 11) is 1.33. The van der Waals surface area contributed by atoms with Crippen molar-refractivity contribution in [2.75, 3.05) is 25.8 Å². The maximum Gasteiger partial charge on any atom is 0.339 e. The minimum absolute atomic E-state index is 0.00464. The van der Waals surface area contributed by atoms with E-state index in [2.05, 4.69) is 5.32 Å². The number of hydrogen-bond donors (Lipinski definition) is 2. The zero-order chi connectivity index (χ0) is 22.5. The highest BCUT2D eigenvalue weighted by molar-refractivity contribution is 6.32. The fourth-order valence-electron chi connectivity index (χ4n) is 2.62. The first-order valence-corrected chi connectivity index (χ1v) is 9.36. The largest absolute Gasteiger partial charge is 0.493 e. The van der Waals surface area contributed by atoms with E-state index < -0.39 is 30.5 Å². The highest BCUT2D eigenvalue weighted by atomic mass is 35.5. The van der Waals surface area contributed by atoms with E-state index in [1.807, 2.05) is 0 Å². The number of ether oxygens (including phenoxy) is 5. The van der Waals surface area contributed by atoms with E-state index >= 15 is 0 Å². The molecule has 0 aromatic heterocycles. The number of nitrogens with one attached hydrogen (secondary N) is 1. The van der Waals surface area contributed by atoms with Gasteiger partial charge in [0, 0.05) is 11.8 Å². The smallest absolute Gasteiger partial charge is 0.339 e. The summed E-state index contributed by atoms with van der Waals surface area (Å²) in [5, 5.41) is 2.64. The Labute approximate surface area is 182 Å². The Bertz CT molecular complexity index is 1030. The van der Waals surface area contributed by atoms with E-state index in [1.54, 1.807) is 18.2 Å². The number of nitrogens with two attached hydrogens (primary N) is 1. The van der Waals surface area contributed by atoms with Crippen molar-refractivity contribution < 1.29 is 38.1 Å². The summed E-state index contributed by atoms with van der Waals surface area (Å²) >= 11 is 6.13. The maximum atomic E-state index is 12.5. The van der Waals surface area contributed by atoms with Gasteiger partial charge in [0.05, 0.1) is 17.7 Å². The highest BCUT2D eigenvalue weighted by Crippen LogP contribution is 2.37. The molecule has 0 saturated heterocycles. The molecule has 0 saturated carbocycles. The second-order valence-corrected chi connectivity index (χ2v) is 6.76. The van der Waals surface area contributed by atoms with Crippen LogP contribution in [-0.2, 0) is 14.3 Å². The van der Waals surface area contributed by atoms with Crippen LogP contribution in [0.4, 0.5) is 5.69 Å². The average molecular weight is 451 g/mol. The topological polar surface area (TPSA) is 135 Å². The quantitative estimate of drug-likeness (QED) is 0.584. The monoisotopic (exact) mass is 450 g/mol. The molecule has 0 radical (unpaired) electrons. The lowest BCUT2D eigenvalue weighted by Crippen LogP contribution is -2.30. The van der Waals surface area contributed by atoms with E-state index in [9.17, 15) is 14.4 Å². The van der Waals surface area contributed by atoms with Crippen LogP contribution in [0.15, 0.2) is 30.3 Å². The zero-order valence-electron chi connectivity index (χ0n) is 16.6. The van der Waals surface area contributed by atoms with Crippen LogP contribution in [0.2, 0.25) is 5.02 Å². The van der Waals surface area contributed by atoms with Gasteiger partial charge < -0.3 is 34.7 Å². The van der Waals surface area contributed by atoms with Gasteiger partial charge in [-0.15, -0.1) is 0 Å². The first-order valence-electron chi connectivity index (χ1n) is 8.98. The van der Waals surface area contributed by atoms with Crippen molar-refractivity contribution in [2.45, 2.75) is 13.0 Å². The molecule has 1 aliphatic heterocycles. The van der Waals surface area contributed by atoms with Crippen LogP contribution in [0.3, 0.4) is 0 Å². The number of rotatable bonds is 8. The molecule has 0 spiro atoms. The van der Waals surface area contributed by atoms with Crippen molar-refractivity contribution in [1.29, 1.82) is 0 Å². The van der Waals surface area contributed by atoms with Crippen LogP contribution >= 0.6 is 11.6 Å². The predicted molar refractivity (Wildman–Crippen MR) is 109 cm³/mol. The van der Waals surface area contributed by atoms with Gasteiger partial charge in [-0.05, 0) is 31.2 Å². The van der Waals surface area contributed by atoms with Gasteiger partial charge in [0.25, 0.3) is 11.8 Å². The maximum absolute atomic E-state index is 12.5. The summed E-state index contributed by atoms with van der Waals surface area (Å²) in [6.07, 6.45) is -1.12. The first-order chi connectivity index (χ1) is 14.8. The van der Waals surface area contributed by atoms with E-state index in [0.29, 0.717) is 17.2 Å². The van der Waals surface area contributed by atoms with Gasteiger partial charge in [0.2, 0.25) is 6.79 Å². The lowest BCUT2D eigenvalue weighted by molar-refractivity contribution is -0.123. The molecule has 3 N–H and O–H groups in total. The molecule has 10 nitrogen and oxygen atoms in total. The van der Waals surface area contributed by atoms with Crippen molar-refractivity contribution in [2.24, 2.45) is 5.73 Å². The molecule has 11 heteroatoms. The highest BCUT2D eigenvalue weighted by Gasteiger charge is 2.23. The van der Waals surface area contributed by atoms with E-state index in [4.69, 9.17) is 41.0 Å². The SMILES string of the molecule is COc1cc(C(=O)OC(C)C(=O)Nc2ccc3c(c2)OCO3)cc(Cl)c1OCC(N)=O. The fraction of sp³-hybridized carbons (Fsp3) is 0.250. The van der Waals surface area contributed by atoms with Gasteiger partial charge >= 0.3 is 5.97 Å². The van der Waals surface area contributed by atoms with Crippen LogP contribution in [-0.4, -0.2) is 44.4 Å². The molecule has 2 amide bonds. The average Bonchev–Trinajstić information content (AvgIpc) is 3.19. The van der Waals surface area contributed by atoms with E-state index in [-0.39, 0.29) is 28.9 Å². The molecule has 0 aliphatic carbocycles. The van der Waals surface area contributed by atoms with Gasteiger partial charge in [-0.3, -0.25) is 9.59 Å². The summed E-state index contributed by atoms with van der Waals surface area (Å²) in [5.41, 5.74) is 5.53. The summed E-state index contributed by atoms with van der Waals surface area (Å²) in [4.78, 5) is 35.8. The van der Waals surface area contributed by atoms with Crippen molar-refractivity contribution in [3.05, 3.63) is 40.9 Å². The normalized spacial score (nSPS) is 12.6. The Morgan fingerprint density at radius 3 is 2.65 bits per heavy atom. The third-order valence-corrected chi connectivity index (χ3v) is 4.40. The summed E-state index contributed by atoms with van der Waals surface area (Å²) in [6.45, 7) is 1.11. The Morgan fingerprint density at radius 2 is 1.94 bits per heavy atom. The number of carbonyl (C=O) groups excluding carboxylic acids is 3. The Kier molecular flexibility index (Phi) is 6.71. The predicted octanol–water partition coefficient (Wildman–Crippen LogP) is 2.13. The van der Waals surface area contributed by atoms with Gasteiger partial charge in [0.15, 0.2) is 35.7 Å². The van der Waals surface area contributed by atoms with Crippen molar-refractivity contribution >= 4 is 35.1 Å². The molecule has 3 rings (SSSR count). The molecule has 2 aromatic rings. The Balaban J connectivity index is 1.66. The first kappa shape index (κ1) is 22.0.